The van der Waals surface area contributed by atoms with Crippen LogP contribution in [-0.2, 0) is 4.79 Å². The van der Waals surface area contributed by atoms with E-state index in [9.17, 15) is 4.79 Å². The monoisotopic (exact) mass is 279 g/mol. The van der Waals surface area contributed by atoms with E-state index >= 15 is 0 Å². The standard InChI is InChI=1S/C11H25N3OS2/c1-6-7-12(2)8-13(3)11(17-5)10(16)14(4)9-15/h9-11,16H,6-8H2,1-5H3/t10-,11?/m1/s1. The molecule has 102 valence electrons. The van der Waals surface area contributed by atoms with Gasteiger partial charge in [-0.25, -0.2) is 0 Å². The van der Waals surface area contributed by atoms with E-state index < -0.39 is 0 Å². The molecule has 0 spiro atoms. The van der Waals surface area contributed by atoms with Gasteiger partial charge in [-0.05, 0) is 33.3 Å². The highest BCUT2D eigenvalue weighted by atomic mass is 32.2. The predicted molar refractivity (Wildman–Crippen MR) is 79.5 cm³/mol. The van der Waals surface area contributed by atoms with E-state index in [0.717, 1.165) is 26.0 Å². The number of nitrogens with zero attached hydrogens (tertiary/aromatic N) is 3. The Bertz CT molecular complexity index is 219. The topological polar surface area (TPSA) is 26.8 Å². The fourth-order valence-electron chi connectivity index (χ4n) is 1.71. The van der Waals surface area contributed by atoms with Crippen molar-refractivity contribution in [1.29, 1.82) is 0 Å². The van der Waals surface area contributed by atoms with Crippen molar-refractivity contribution >= 4 is 30.8 Å². The summed E-state index contributed by atoms with van der Waals surface area (Å²) in [7, 11) is 5.93. The molecule has 0 saturated heterocycles. The number of rotatable bonds is 9. The number of hydrogen-bond acceptors (Lipinski definition) is 5. The molecule has 0 bridgehead atoms. The van der Waals surface area contributed by atoms with Gasteiger partial charge < -0.3 is 4.90 Å². The van der Waals surface area contributed by atoms with Crippen LogP contribution >= 0.6 is 24.4 Å². The fourth-order valence-corrected chi connectivity index (χ4v) is 3.22. The van der Waals surface area contributed by atoms with Crippen LogP contribution in [0.4, 0.5) is 0 Å². The molecule has 0 heterocycles. The van der Waals surface area contributed by atoms with Crippen LogP contribution in [0.2, 0.25) is 0 Å². The number of amides is 1. The van der Waals surface area contributed by atoms with Crippen molar-refractivity contribution in [2.75, 3.05) is 40.6 Å². The summed E-state index contributed by atoms with van der Waals surface area (Å²) < 4.78 is 0. The van der Waals surface area contributed by atoms with Gasteiger partial charge in [0, 0.05) is 7.05 Å². The Labute approximate surface area is 115 Å². The quantitative estimate of drug-likeness (QED) is 0.390. The lowest BCUT2D eigenvalue weighted by Crippen LogP contribution is -2.47. The third kappa shape index (κ3) is 5.99. The Morgan fingerprint density at radius 3 is 2.35 bits per heavy atom. The van der Waals surface area contributed by atoms with Crippen molar-refractivity contribution in [2.45, 2.75) is 24.1 Å². The molecular weight excluding hydrogens is 254 g/mol. The van der Waals surface area contributed by atoms with Gasteiger partial charge in [-0.2, -0.15) is 12.6 Å². The summed E-state index contributed by atoms with van der Waals surface area (Å²) >= 11 is 6.22. The zero-order chi connectivity index (χ0) is 13.4. The largest absolute Gasteiger partial charge is 0.334 e. The molecule has 0 aromatic heterocycles. The van der Waals surface area contributed by atoms with Crippen LogP contribution in [-0.4, -0.2) is 72.5 Å². The van der Waals surface area contributed by atoms with Gasteiger partial charge in [0.2, 0.25) is 6.41 Å². The third-order valence-electron chi connectivity index (χ3n) is 2.58. The average Bonchev–Trinajstić information content (AvgIpc) is 2.28. The first-order valence-electron chi connectivity index (χ1n) is 5.74. The molecule has 4 nitrogen and oxygen atoms in total. The van der Waals surface area contributed by atoms with Crippen LogP contribution in [0.15, 0.2) is 0 Å². The molecule has 0 rings (SSSR count). The maximum absolute atomic E-state index is 10.8. The van der Waals surface area contributed by atoms with Crippen LogP contribution in [0.3, 0.4) is 0 Å². The highest BCUT2D eigenvalue weighted by molar-refractivity contribution is 8.00. The Kier molecular flexibility index (Phi) is 9.13. The number of likely N-dealkylation sites (N-methyl/N-ethyl adjacent to an activating group) is 2. The highest BCUT2D eigenvalue weighted by Gasteiger charge is 2.24. The van der Waals surface area contributed by atoms with E-state index in [2.05, 4.69) is 43.4 Å². The van der Waals surface area contributed by atoms with Crippen molar-refractivity contribution in [1.82, 2.24) is 14.7 Å². The zero-order valence-corrected chi connectivity index (χ0v) is 13.2. The van der Waals surface area contributed by atoms with Gasteiger partial charge in [0.15, 0.2) is 0 Å². The molecule has 2 atom stereocenters. The van der Waals surface area contributed by atoms with Crippen molar-refractivity contribution in [3.63, 3.8) is 0 Å². The maximum Gasteiger partial charge on any atom is 0.210 e. The molecule has 0 N–H and O–H groups in total. The second-order valence-corrected chi connectivity index (χ2v) is 5.77. The van der Waals surface area contributed by atoms with E-state index in [0.29, 0.717) is 0 Å². The molecule has 0 saturated carbocycles. The zero-order valence-electron chi connectivity index (χ0n) is 11.5. The predicted octanol–water partition coefficient (Wildman–Crippen LogP) is 1.25. The first-order valence-corrected chi connectivity index (χ1v) is 7.55. The molecule has 0 fully saturated rings. The summed E-state index contributed by atoms with van der Waals surface area (Å²) in [5.41, 5.74) is 0. The summed E-state index contributed by atoms with van der Waals surface area (Å²) in [6.07, 6.45) is 4.01. The van der Waals surface area contributed by atoms with Gasteiger partial charge in [0.05, 0.1) is 17.4 Å². The minimum atomic E-state index is -0.0949. The first-order chi connectivity index (χ1) is 7.97. The molecule has 1 unspecified atom stereocenters. The highest BCUT2D eigenvalue weighted by Crippen LogP contribution is 2.21. The van der Waals surface area contributed by atoms with Gasteiger partial charge in [-0.1, -0.05) is 6.92 Å². The van der Waals surface area contributed by atoms with E-state index in [1.165, 1.54) is 0 Å². The summed E-state index contributed by atoms with van der Waals surface area (Å²) in [6.45, 7) is 4.12. The molecule has 0 aliphatic heterocycles. The molecule has 0 aromatic carbocycles. The van der Waals surface area contributed by atoms with Gasteiger partial charge in [0.25, 0.3) is 0 Å². The van der Waals surface area contributed by atoms with Gasteiger partial charge in [0.1, 0.15) is 0 Å². The molecule has 1 amide bonds. The van der Waals surface area contributed by atoms with Crippen molar-refractivity contribution in [3.05, 3.63) is 0 Å². The Morgan fingerprint density at radius 2 is 1.94 bits per heavy atom. The van der Waals surface area contributed by atoms with Crippen molar-refractivity contribution in [3.8, 4) is 0 Å². The van der Waals surface area contributed by atoms with E-state index in [1.54, 1.807) is 23.7 Å². The van der Waals surface area contributed by atoms with Crippen molar-refractivity contribution in [2.24, 2.45) is 0 Å². The Morgan fingerprint density at radius 1 is 1.35 bits per heavy atom. The van der Waals surface area contributed by atoms with Crippen LogP contribution in [0.5, 0.6) is 0 Å². The number of thioether (sulfide) groups is 1. The molecule has 0 aliphatic carbocycles. The molecule has 6 heteroatoms. The number of hydrogen-bond donors (Lipinski definition) is 1. The molecule has 17 heavy (non-hydrogen) atoms. The normalized spacial score (nSPS) is 15.1. The summed E-state index contributed by atoms with van der Waals surface area (Å²) in [5.74, 6) is 0. The van der Waals surface area contributed by atoms with Gasteiger partial charge >= 0.3 is 0 Å². The van der Waals surface area contributed by atoms with E-state index in [4.69, 9.17) is 0 Å². The number of carbonyl (C=O) groups excluding carboxylic acids is 1. The summed E-state index contributed by atoms with van der Waals surface area (Å²) in [4.78, 5) is 16.8. The molecular formula is C11H25N3OS2. The molecule has 0 radical (unpaired) electrons. The minimum absolute atomic E-state index is 0.0949. The van der Waals surface area contributed by atoms with Crippen LogP contribution in [0.1, 0.15) is 13.3 Å². The van der Waals surface area contributed by atoms with Crippen molar-refractivity contribution < 1.29 is 4.79 Å². The smallest absolute Gasteiger partial charge is 0.210 e. The average molecular weight is 279 g/mol. The summed E-state index contributed by atoms with van der Waals surface area (Å²) in [5, 5.41) is 0.0929. The fraction of sp³-hybridized carbons (Fsp3) is 0.909. The lowest BCUT2D eigenvalue weighted by molar-refractivity contribution is -0.117. The second-order valence-electron chi connectivity index (χ2n) is 4.29. The molecule has 0 aromatic rings. The number of carbonyl (C=O) groups is 1. The van der Waals surface area contributed by atoms with Gasteiger partial charge in [-0.3, -0.25) is 14.6 Å². The third-order valence-corrected chi connectivity index (χ3v) is 4.53. The van der Waals surface area contributed by atoms with E-state index in [-0.39, 0.29) is 10.7 Å². The Balaban J connectivity index is 4.38. The Hall–Kier alpha value is 0.0900. The second kappa shape index (κ2) is 9.08. The van der Waals surface area contributed by atoms with E-state index in [1.807, 2.05) is 6.26 Å². The van der Waals surface area contributed by atoms with Crippen LogP contribution in [0.25, 0.3) is 0 Å². The summed E-state index contributed by atoms with van der Waals surface area (Å²) in [6, 6.07) is 0. The van der Waals surface area contributed by atoms with Gasteiger partial charge in [-0.15, -0.1) is 11.8 Å². The minimum Gasteiger partial charge on any atom is -0.334 e. The number of thiol groups is 1. The van der Waals surface area contributed by atoms with Crippen LogP contribution in [0, 0.1) is 0 Å². The maximum atomic E-state index is 10.8. The van der Waals surface area contributed by atoms with Crippen LogP contribution < -0.4 is 0 Å². The molecule has 0 aliphatic rings. The lowest BCUT2D eigenvalue weighted by Gasteiger charge is -2.36. The first kappa shape index (κ1) is 17.1. The SMILES string of the molecule is CCCN(C)CN(C)C(SC)[C@@H](S)N(C)C=O. The lowest BCUT2D eigenvalue weighted by atomic mass is 10.4.